The molecule has 182 valence electrons. The van der Waals surface area contributed by atoms with E-state index in [0.29, 0.717) is 37.2 Å². The fraction of sp³-hybridized carbons (Fsp3) is 0.346. The van der Waals surface area contributed by atoms with Crippen LogP contribution in [-0.4, -0.2) is 41.7 Å². The Labute approximate surface area is 206 Å². The Morgan fingerprint density at radius 3 is 2.57 bits per heavy atom. The quantitative estimate of drug-likeness (QED) is 0.526. The summed E-state index contributed by atoms with van der Waals surface area (Å²) in [5.74, 6) is -0.0734. The number of H-pyrrole nitrogens is 1. The lowest BCUT2D eigenvalue weighted by Crippen LogP contribution is -2.52. The van der Waals surface area contributed by atoms with Crippen LogP contribution < -0.4 is 5.32 Å². The number of aromatic nitrogens is 2. The van der Waals surface area contributed by atoms with Gasteiger partial charge in [0.2, 0.25) is 15.9 Å². The highest BCUT2D eigenvalue weighted by Crippen LogP contribution is 2.27. The first kappa shape index (κ1) is 24.6. The summed E-state index contributed by atoms with van der Waals surface area (Å²) in [6.07, 6.45) is 5.01. The number of imidazole rings is 1. The third-order valence-electron chi connectivity index (χ3n) is 6.47. The molecule has 0 aliphatic carbocycles. The molecule has 2 atom stereocenters. The Hall–Kier alpha value is -3.48. The summed E-state index contributed by atoms with van der Waals surface area (Å²) < 4.78 is 27.8. The molecule has 0 saturated carbocycles. The number of piperidine rings is 1. The fourth-order valence-corrected chi connectivity index (χ4v) is 5.99. The van der Waals surface area contributed by atoms with Crippen LogP contribution in [0, 0.1) is 24.2 Å². The van der Waals surface area contributed by atoms with Gasteiger partial charge in [-0.2, -0.15) is 9.57 Å². The molecule has 0 unspecified atom stereocenters. The van der Waals surface area contributed by atoms with Gasteiger partial charge >= 0.3 is 0 Å². The van der Waals surface area contributed by atoms with Crippen molar-refractivity contribution in [3.63, 3.8) is 0 Å². The summed E-state index contributed by atoms with van der Waals surface area (Å²) in [7, 11) is -3.68. The zero-order valence-electron chi connectivity index (χ0n) is 19.9. The van der Waals surface area contributed by atoms with Crippen LogP contribution in [0.3, 0.4) is 0 Å². The molecule has 9 heteroatoms. The van der Waals surface area contributed by atoms with Crippen molar-refractivity contribution in [3.05, 3.63) is 83.4 Å². The standard InChI is InChI=1S/C26H29N5O3S/c1-19-5-11-23(12-6-19)35(33,34)31-15-3-4-22(18-31)24(32)30-26(2,25-28-13-14-29-25)16-20-7-9-21(17-27)10-8-20/h5-14,22H,3-4,15-16,18H2,1-2H3,(H,28,29)(H,30,32)/t22-,26+/m1/s1. The van der Waals surface area contributed by atoms with Gasteiger partial charge in [0, 0.05) is 31.9 Å². The van der Waals surface area contributed by atoms with Crippen LogP contribution in [0.25, 0.3) is 0 Å². The van der Waals surface area contributed by atoms with Gasteiger partial charge in [0.1, 0.15) is 5.82 Å². The predicted octanol–water partition coefficient (Wildman–Crippen LogP) is 3.26. The van der Waals surface area contributed by atoms with Crippen LogP contribution in [0.5, 0.6) is 0 Å². The Morgan fingerprint density at radius 1 is 1.23 bits per heavy atom. The highest BCUT2D eigenvalue weighted by atomic mass is 32.2. The highest BCUT2D eigenvalue weighted by Gasteiger charge is 2.37. The number of amides is 1. The fourth-order valence-electron chi connectivity index (χ4n) is 4.47. The molecule has 4 rings (SSSR count). The van der Waals surface area contributed by atoms with Gasteiger partial charge in [0.15, 0.2) is 0 Å². The zero-order chi connectivity index (χ0) is 25.1. The molecule has 1 aliphatic rings. The second-order valence-corrected chi connectivity index (χ2v) is 11.2. The van der Waals surface area contributed by atoms with E-state index < -0.39 is 21.5 Å². The van der Waals surface area contributed by atoms with Crippen LogP contribution in [-0.2, 0) is 26.8 Å². The predicted molar refractivity (Wildman–Crippen MR) is 132 cm³/mol. The Bertz CT molecular complexity index is 1310. The van der Waals surface area contributed by atoms with E-state index in [1.807, 2.05) is 26.0 Å². The van der Waals surface area contributed by atoms with Gasteiger partial charge < -0.3 is 10.3 Å². The SMILES string of the molecule is Cc1ccc(S(=O)(=O)N2CCC[C@@H](C(=O)N[C@@](C)(Cc3ccc(C#N)cc3)c3ncc[nH]3)C2)cc1. The number of sulfonamides is 1. The third-order valence-corrected chi connectivity index (χ3v) is 8.35. The third kappa shape index (κ3) is 5.45. The number of aromatic amines is 1. The average molecular weight is 492 g/mol. The number of nitrogens with zero attached hydrogens (tertiary/aromatic N) is 3. The van der Waals surface area contributed by atoms with Gasteiger partial charge in [0.25, 0.3) is 0 Å². The van der Waals surface area contributed by atoms with E-state index in [4.69, 9.17) is 5.26 Å². The van der Waals surface area contributed by atoms with Crippen LogP contribution in [0.1, 0.15) is 42.3 Å². The maximum Gasteiger partial charge on any atom is 0.243 e. The van der Waals surface area contributed by atoms with E-state index >= 15 is 0 Å². The summed E-state index contributed by atoms with van der Waals surface area (Å²) in [6.45, 7) is 4.32. The lowest BCUT2D eigenvalue weighted by Gasteiger charge is -2.35. The topological polar surface area (TPSA) is 119 Å². The second kappa shape index (κ2) is 10.0. The molecule has 1 fully saturated rings. The molecule has 0 radical (unpaired) electrons. The molecule has 1 aromatic heterocycles. The molecule has 0 spiro atoms. The van der Waals surface area contributed by atoms with Gasteiger partial charge in [-0.05, 0) is 56.5 Å². The lowest BCUT2D eigenvalue weighted by molar-refractivity contribution is -0.128. The van der Waals surface area contributed by atoms with Crippen molar-refractivity contribution < 1.29 is 13.2 Å². The molecule has 1 aliphatic heterocycles. The van der Waals surface area contributed by atoms with Crippen LogP contribution in [0.2, 0.25) is 0 Å². The monoisotopic (exact) mass is 491 g/mol. The summed E-state index contributed by atoms with van der Waals surface area (Å²) in [5.41, 5.74) is 1.65. The molecular weight excluding hydrogens is 462 g/mol. The first-order valence-corrected chi connectivity index (χ1v) is 13.0. The van der Waals surface area contributed by atoms with Crippen LogP contribution >= 0.6 is 0 Å². The van der Waals surface area contributed by atoms with E-state index in [2.05, 4.69) is 21.4 Å². The number of carbonyl (C=O) groups excluding carboxylic acids is 1. The molecule has 35 heavy (non-hydrogen) atoms. The van der Waals surface area contributed by atoms with Crippen LogP contribution in [0.15, 0.2) is 65.8 Å². The number of carbonyl (C=O) groups is 1. The second-order valence-electron chi connectivity index (χ2n) is 9.26. The number of hydrogen-bond acceptors (Lipinski definition) is 5. The van der Waals surface area contributed by atoms with E-state index in [9.17, 15) is 13.2 Å². The molecule has 3 aromatic rings. The molecule has 8 nitrogen and oxygen atoms in total. The maximum absolute atomic E-state index is 13.4. The maximum atomic E-state index is 13.4. The molecule has 0 bridgehead atoms. The largest absolute Gasteiger partial charge is 0.347 e. The van der Waals surface area contributed by atoms with Crippen molar-refractivity contribution in [2.75, 3.05) is 13.1 Å². The van der Waals surface area contributed by atoms with Crippen molar-refractivity contribution in [2.24, 2.45) is 5.92 Å². The first-order chi connectivity index (χ1) is 16.7. The summed E-state index contributed by atoms with van der Waals surface area (Å²) in [4.78, 5) is 21.2. The molecule has 2 aromatic carbocycles. The number of hydrogen-bond donors (Lipinski definition) is 2. The van der Waals surface area contributed by atoms with Crippen molar-refractivity contribution in [2.45, 2.75) is 43.5 Å². The van der Waals surface area contributed by atoms with Gasteiger partial charge in [-0.25, -0.2) is 13.4 Å². The van der Waals surface area contributed by atoms with Crippen molar-refractivity contribution in [3.8, 4) is 6.07 Å². The number of nitrogens with one attached hydrogen (secondary N) is 2. The van der Waals surface area contributed by atoms with Crippen molar-refractivity contribution in [1.29, 1.82) is 5.26 Å². The zero-order valence-corrected chi connectivity index (χ0v) is 20.7. The minimum absolute atomic E-state index is 0.132. The molecule has 1 amide bonds. The van der Waals surface area contributed by atoms with E-state index in [1.54, 1.807) is 48.8 Å². The van der Waals surface area contributed by atoms with E-state index in [0.717, 1.165) is 11.1 Å². The minimum atomic E-state index is -3.68. The number of nitriles is 1. The first-order valence-electron chi connectivity index (χ1n) is 11.6. The van der Waals surface area contributed by atoms with Gasteiger partial charge in [-0.15, -0.1) is 0 Å². The molecular formula is C26H29N5O3S. The molecule has 2 N–H and O–H groups in total. The summed E-state index contributed by atoms with van der Waals surface area (Å²) in [6, 6.07) is 16.1. The molecule has 2 heterocycles. The number of rotatable bonds is 7. The minimum Gasteiger partial charge on any atom is -0.347 e. The van der Waals surface area contributed by atoms with Crippen LogP contribution in [0.4, 0.5) is 0 Å². The summed E-state index contributed by atoms with van der Waals surface area (Å²) in [5, 5.41) is 12.2. The Balaban J connectivity index is 1.52. The normalized spacial score (nSPS) is 18.4. The van der Waals surface area contributed by atoms with Gasteiger partial charge in [0.05, 0.1) is 28.0 Å². The lowest BCUT2D eigenvalue weighted by atomic mass is 9.89. The number of aryl methyl sites for hydroxylation is 1. The van der Waals surface area contributed by atoms with E-state index in [1.165, 1.54) is 4.31 Å². The highest BCUT2D eigenvalue weighted by molar-refractivity contribution is 7.89. The average Bonchev–Trinajstić information content (AvgIpc) is 3.41. The van der Waals surface area contributed by atoms with Crippen molar-refractivity contribution >= 4 is 15.9 Å². The number of benzene rings is 2. The Morgan fingerprint density at radius 2 is 1.94 bits per heavy atom. The van der Waals surface area contributed by atoms with Gasteiger partial charge in [-0.3, -0.25) is 4.79 Å². The smallest absolute Gasteiger partial charge is 0.243 e. The van der Waals surface area contributed by atoms with E-state index in [-0.39, 0.29) is 17.3 Å². The Kier molecular flexibility index (Phi) is 7.05. The van der Waals surface area contributed by atoms with Crippen molar-refractivity contribution in [1.82, 2.24) is 19.6 Å². The van der Waals surface area contributed by atoms with Gasteiger partial charge in [-0.1, -0.05) is 29.8 Å². The molecule has 1 saturated heterocycles. The summed E-state index contributed by atoms with van der Waals surface area (Å²) >= 11 is 0.